The van der Waals surface area contributed by atoms with Crippen LogP contribution in [0.2, 0.25) is 0 Å². The van der Waals surface area contributed by atoms with Crippen LogP contribution in [0.5, 0.6) is 0 Å². The summed E-state index contributed by atoms with van der Waals surface area (Å²) in [6.07, 6.45) is 0.659. The smallest absolute Gasteiger partial charge is 0.239 e. The second kappa shape index (κ2) is 7.42. The molecule has 1 aromatic rings. The number of methoxy groups -OCH3 is 1. The lowest BCUT2D eigenvalue weighted by atomic mass is 10.2. The van der Waals surface area contributed by atoms with Gasteiger partial charge in [-0.05, 0) is 17.9 Å². The quantitative estimate of drug-likeness (QED) is 0.803. The molecule has 0 unspecified atom stereocenters. The molecule has 1 amide bonds. The molecular formula is C12H20N2O2S. The Bertz CT molecular complexity index is 327. The zero-order valence-corrected chi connectivity index (χ0v) is 11.2. The average molecular weight is 256 g/mol. The maximum atomic E-state index is 12.1. The molecule has 1 atom stereocenters. The Hall–Kier alpha value is -0.910. The van der Waals surface area contributed by atoms with Gasteiger partial charge in [0, 0.05) is 18.5 Å². The number of amides is 1. The molecule has 0 aliphatic heterocycles. The largest absolute Gasteiger partial charge is 0.383 e. The number of hydrogen-bond donors (Lipinski definition) is 1. The fourth-order valence-electron chi connectivity index (χ4n) is 1.47. The number of hydrogen-bond acceptors (Lipinski definition) is 4. The van der Waals surface area contributed by atoms with Gasteiger partial charge in [0.1, 0.15) is 0 Å². The second-order valence-corrected chi connectivity index (χ2v) is 4.88. The van der Waals surface area contributed by atoms with Crippen LogP contribution in [0.4, 0.5) is 0 Å². The number of ether oxygens (including phenoxy) is 1. The summed E-state index contributed by atoms with van der Waals surface area (Å²) in [5, 5.41) is 2.01. The van der Waals surface area contributed by atoms with E-state index in [0.29, 0.717) is 26.1 Å². The lowest BCUT2D eigenvalue weighted by Gasteiger charge is -2.24. The van der Waals surface area contributed by atoms with Gasteiger partial charge in [0.25, 0.3) is 0 Å². The van der Waals surface area contributed by atoms with E-state index in [-0.39, 0.29) is 5.91 Å². The molecule has 1 aromatic heterocycles. The molecule has 17 heavy (non-hydrogen) atoms. The molecule has 0 saturated heterocycles. The zero-order valence-electron chi connectivity index (χ0n) is 10.4. The van der Waals surface area contributed by atoms with Crippen molar-refractivity contribution < 1.29 is 9.53 Å². The van der Waals surface area contributed by atoms with Gasteiger partial charge in [-0.15, -0.1) is 11.3 Å². The minimum atomic E-state index is -0.410. The van der Waals surface area contributed by atoms with Crippen LogP contribution in [0, 0.1) is 0 Å². The number of thiophene rings is 1. The van der Waals surface area contributed by atoms with Gasteiger partial charge in [0.2, 0.25) is 5.91 Å². The van der Waals surface area contributed by atoms with Crippen LogP contribution in [-0.2, 0) is 16.1 Å². The number of carbonyl (C=O) groups excluding carboxylic acids is 1. The van der Waals surface area contributed by atoms with Crippen molar-refractivity contribution in [2.75, 3.05) is 20.3 Å². The van der Waals surface area contributed by atoms with Crippen LogP contribution in [0.25, 0.3) is 0 Å². The van der Waals surface area contributed by atoms with E-state index in [1.807, 2.05) is 24.4 Å². The highest BCUT2D eigenvalue weighted by atomic mass is 32.1. The molecule has 1 rings (SSSR count). The number of rotatable bonds is 7. The van der Waals surface area contributed by atoms with Crippen LogP contribution in [-0.4, -0.2) is 37.1 Å². The van der Waals surface area contributed by atoms with Gasteiger partial charge in [0.15, 0.2) is 0 Å². The monoisotopic (exact) mass is 256 g/mol. The standard InChI is InChI=1S/C12H20N2O2S/c1-3-11(13)12(15)14(6-7-16-2)9-10-5-4-8-17-10/h4-5,8,11H,3,6-7,9,13H2,1-2H3/t11-/m1/s1. The number of nitrogens with two attached hydrogens (primary N) is 1. The minimum Gasteiger partial charge on any atom is -0.383 e. The molecule has 0 bridgehead atoms. The summed E-state index contributed by atoms with van der Waals surface area (Å²) >= 11 is 1.65. The minimum absolute atomic E-state index is 0.00190. The molecule has 0 saturated carbocycles. The van der Waals surface area contributed by atoms with E-state index in [1.54, 1.807) is 23.3 Å². The fraction of sp³-hybridized carbons (Fsp3) is 0.583. The van der Waals surface area contributed by atoms with Crippen LogP contribution >= 0.6 is 11.3 Å². The third-order valence-electron chi connectivity index (χ3n) is 2.56. The molecule has 0 aliphatic rings. The SMILES string of the molecule is CC[C@@H](N)C(=O)N(CCOC)Cc1cccs1. The number of nitrogens with zero attached hydrogens (tertiary/aromatic N) is 1. The predicted molar refractivity (Wildman–Crippen MR) is 69.9 cm³/mol. The van der Waals surface area contributed by atoms with Crippen molar-refractivity contribution in [1.29, 1.82) is 0 Å². The Labute approximate surface area is 106 Å². The van der Waals surface area contributed by atoms with Crippen LogP contribution in [0.3, 0.4) is 0 Å². The maximum absolute atomic E-state index is 12.1. The molecule has 0 radical (unpaired) electrons. The molecule has 4 nitrogen and oxygen atoms in total. The summed E-state index contributed by atoms with van der Waals surface area (Å²) in [4.78, 5) is 15.0. The first-order valence-corrected chi connectivity index (χ1v) is 6.62. The fourth-order valence-corrected chi connectivity index (χ4v) is 2.19. The van der Waals surface area contributed by atoms with Gasteiger partial charge in [-0.1, -0.05) is 13.0 Å². The van der Waals surface area contributed by atoms with Gasteiger partial charge in [-0.25, -0.2) is 0 Å². The summed E-state index contributed by atoms with van der Waals surface area (Å²) in [6.45, 7) is 3.66. The van der Waals surface area contributed by atoms with E-state index in [0.717, 1.165) is 4.88 Å². The van der Waals surface area contributed by atoms with E-state index >= 15 is 0 Å². The Morgan fingerprint density at radius 1 is 1.65 bits per heavy atom. The normalized spacial score (nSPS) is 12.4. The highest BCUT2D eigenvalue weighted by Crippen LogP contribution is 2.12. The molecule has 0 aromatic carbocycles. The molecule has 0 fully saturated rings. The molecule has 96 valence electrons. The molecule has 5 heteroatoms. The molecule has 1 heterocycles. The van der Waals surface area contributed by atoms with Crippen molar-refractivity contribution in [1.82, 2.24) is 4.90 Å². The van der Waals surface area contributed by atoms with Crippen molar-refractivity contribution in [3.05, 3.63) is 22.4 Å². The van der Waals surface area contributed by atoms with Crippen molar-refractivity contribution in [2.24, 2.45) is 5.73 Å². The topological polar surface area (TPSA) is 55.6 Å². The maximum Gasteiger partial charge on any atom is 0.239 e. The van der Waals surface area contributed by atoms with E-state index in [2.05, 4.69) is 0 Å². The summed E-state index contributed by atoms with van der Waals surface area (Å²) in [5.41, 5.74) is 5.79. The Kier molecular flexibility index (Phi) is 6.18. The van der Waals surface area contributed by atoms with E-state index in [4.69, 9.17) is 10.5 Å². The third kappa shape index (κ3) is 4.46. The first kappa shape index (κ1) is 14.2. The van der Waals surface area contributed by atoms with E-state index in [9.17, 15) is 4.79 Å². The first-order valence-electron chi connectivity index (χ1n) is 5.74. The summed E-state index contributed by atoms with van der Waals surface area (Å²) in [6, 6.07) is 3.60. The number of carbonyl (C=O) groups is 1. The lowest BCUT2D eigenvalue weighted by molar-refractivity contribution is -0.133. The van der Waals surface area contributed by atoms with Crippen molar-refractivity contribution >= 4 is 17.2 Å². The molecule has 0 aliphatic carbocycles. The average Bonchev–Trinajstić information content (AvgIpc) is 2.85. The molecule has 2 N–H and O–H groups in total. The zero-order chi connectivity index (χ0) is 12.7. The van der Waals surface area contributed by atoms with Crippen molar-refractivity contribution in [3.8, 4) is 0 Å². The van der Waals surface area contributed by atoms with Crippen molar-refractivity contribution in [3.63, 3.8) is 0 Å². The highest BCUT2D eigenvalue weighted by molar-refractivity contribution is 7.09. The Morgan fingerprint density at radius 3 is 2.94 bits per heavy atom. The highest BCUT2D eigenvalue weighted by Gasteiger charge is 2.19. The van der Waals surface area contributed by atoms with Gasteiger partial charge in [0.05, 0.1) is 19.2 Å². The summed E-state index contributed by atoms with van der Waals surface area (Å²) < 4.78 is 5.02. The Balaban J connectivity index is 2.62. The van der Waals surface area contributed by atoms with Crippen LogP contribution in [0.1, 0.15) is 18.2 Å². The summed E-state index contributed by atoms with van der Waals surface area (Å²) in [5.74, 6) is -0.00190. The van der Waals surface area contributed by atoms with Gasteiger partial charge < -0.3 is 15.4 Å². The van der Waals surface area contributed by atoms with Gasteiger partial charge in [-0.2, -0.15) is 0 Å². The van der Waals surface area contributed by atoms with Gasteiger partial charge in [-0.3, -0.25) is 4.79 Å². The Morgan fingerprint density at radius 2 is 2.41 bits per heavy atom. The van der Waals surface area contributed by atoms with Crippen LogP contribution < -0.4 is 5.73 Å². The van der Waals surface area contributed by atoms with Crippen molar-refractivity contribution in [2.45, 2.75) is 25.9 Å². The van der Waals surface area contributed by atoms with E-state index < -0.39 is 6.04 Å². The van der Waals surface area contributed by atoms with Gasteiger partial charge >= 0.3 is 0 Å². The first-order chi connectivity index (χ1) is 8.19. The van der Waals surface area contributed by atoms with E-state index in [1.165, 1.54) is 0 Å². The lowest BCUT2D eigenvalue weighted by Crippen LogP contribution is -2.44. The van der Waals surface area contributed by atoms with Crippen LogP contribution in [0.15, 0.2) is 17.5 Å². The molecular weight excluding hydrogens is 236 g/mol. The predicted octanol–water partition coefficient (Wildman–Crippen LogP) is 1.46. The summed E-state index contributed by atoms with van der Waals surface area (Å²) in [7, 11) is 1.63. The third-order valence-corrected chi connectivity index (χ3v) is 3.42. The second-order valence-electron chi connectivity index (χ2n) is 3.85. The molecule has 0 spiro atoms.